The highest BCUT2D eigenvalue weighted by molar-refractivity contribution is 7.51. The van der Waals surface area contributed by atoms with Gasteiger partial charge in [0, 0.05) is 12.3 Å². The lowest BCUT2D eigenvalue weighted by Gasteiger charge is -2.24. The SMILES string of the molecule is CCOC(=O)CN(CP(=O)(O)O)C(=O)C(C)CC(N)=O. The molecular weight excluding hydrogens is 291 g/mol. The molecule has 20 heavy (non-hydrogen) atoms. The molecule has 9 nitrogen and oxygen atoms in total. The third-order valence-corrected chi connectivity index (χ3v) is 2.93. The molecule has 10 heteroatoms. The van der Waals surface area contributed by atoms with Gasteiger partial charge in [-0.2, -0.15) is 0 Å². The van der Waals surface area contributed by atoms with Crippen LogP contribution in [0.2, 0.25) is 0 Å². The summed E-state index contributed by atoms with van der Waals surface area (Å²) in [7, 11) is -4.54. The van der Waals surface area contributed by atoms with Crippen molar-refractivity contribution < 1.29 is 33.5 Å². The van der Waals surface area contributed by atoms with Crippen LogP contribution in [0.3, 0.4) is 0 Å². The van der Waals surface area contributed by atoms with Gasteiger partial charge in [-0.1, -0.05) is 6.92 Å². The molecule has 0 aromatic carbocycles. The van der Waals surface area contributed by atoms with Crippen molar-refractivity contribution in [3.63, 3.8) is 0 Å². The topological polar surface area (TPSA) is 147 Å². The van der Waals surface area contributed by atoms with Crippen LogP contribution in [0.25, 0.3) is 0 Å². The van der Waals surface area contributed by atoms with Gasteiger partial charge in [0.15, 0.2) is 0 Å². The van der Waals surface area contributed by atoms with E-state index in [2.05, 4.69) is 4.74 Å². The Kier molecular flexibility index (Phi) is 7.41. The second-order valence-electron chi connectivity index (χ2n) is 4.22. The van der Waals surface area contributed by atoms with Crippen LogP contribution in [0.4, 0.5) is 0 Å². The molecule has 0 radical (unpaired) electrons. The summed E-state index contributed by atoms with van der Waals surface area (Å²) in [6.07, 6.45) is -1.20. The standard InChI is InChI=1S/C10H19N2O7P/c1-3-19-9(14)5-12(6-20(16,17)18)10(15)7(2)4-8(11)13/h7H,3-6H2,1-2H3,(H2,11,13)(H2,16,17,18). The van der Waals surface area contributed by atoms with Crippen molar-refractivity contribution in [3.8, 4) is 0 Å². The average Bonchev–Trinajstić information content (AvgIpc) is 2.24. The predicted octanol–water partition coefficient (Wildman–Crippen LogP) is -0.975. The molecule has 0 aromatic rings. The van der Waals surface area contributed by atoms with E-state index in [1.54, 1.807) is 6.92 Å². The van der Waals surface area contributed by atoms with Crippen LogP contribution < -0.4 is 5.73 Å². The van der Waals surface area contributed by atoms with Gasteiger partial charge in [0.05, 0.1) is 6.61 Å². The summed E-state index contributed by atoms with van der Waals surface area (Å²) >= 11 is 0. The van der Waals surface area contributed by atoms with Gasteiger partial charge >= 0.3 is 13.6 Å². The number of primary amides is 1. The van der Waals surface area contributed by atoms with Crippen molar-refractivity contribution in [2.24, 2.45) is 11.7 Å². The maximum absolute atomic E-state index is 12.0. The highest BCUT2D eigenvalue weighted by Gasteiger charge is 2.29. The van der Waals surface area contributed by atoms with E-state index in [1.165, 1.54) is 6.92 Å². The summed E-state index contributed by atoms with van der Waals surface area (Å²) in [6, 6.07) is 0. The van der Waals surface area contributed by atoms with Crippen LogP contribution >= 0.6 is 7.60 Å². The monoisotopic (exact) mass is 310 g/mol. The third-order valence-electron chi connectivity index (χ3n) is 2.22. The molecule has 0 spiro atoms. The van der Waals surface area contributed by atoms with Gasteiger partial charge in [0.2, 0.25) is 11.8 Å². The Bertz CT molecular complexity index is 420. The molecule has 0 aromatic heterocycles. The maximum Gasteiger partial charge on any atom is 0.344 e. The lowest BCUT2D eigenvalue weighted by molar-refractivity contribution is -0.149. The average molecular weight is 310 g/mol. The van der Waals surface area contributed by atoms with Gasteiger partial charge in [0.1, 0.15) is 12.8 Å². The van der Waals surface area contributed by atoms with Gasteiger partial charge in [0.25, 0.3) is 0 Å². The molecule has 0 aliphatic heterocycles. The summed E-state index contributed by atoms with van der Waals surface area (Å²) in [5.74, 6) is -3.15. The predicted molar refractivity (Wildman–Crippen MR) is 68.2 cm³/mol. The quantitative estimate of drug-likeness (QED) is 0.385. The highest BCUT2D eigenvalue weighted by Crippen LogP contribution is 2.35. The second kappa shape index (κ2) is 7.98. The number of nitrogens with zero attached hydrogens (tertiary/aromatic N) is 1. The fourth-order valence-electron chi connectivity index (χ4n) is 1.48. The Labute approximate surface area is 116 Å². The number of carbonyl (C=O) groups is 3. The number of hydrogen-bond acceptors (Lipinski definition) is 5. The van der Waals surface area contributed by atoms with Crippen molar-refractivity contribution in [1.29, 1.82) is 0 Å². The number of rotatable bonds is 8. The zero-order chi connectivity index (χ0) is 15.9. The molecule has 0 bridgehead atoms. The van der Waals surface area contributed by atoms with Gasteiger partial charge in [-0.05, 0) is 6.92 Å². The Morgan fingerprint density at radius 2 is 1.90 bits per heavy atom. The van der Waals surface area contributed by atoms with E-state index in [4.69, 9.17) is 15.5 Å². The molecule has 0 heterocycles. The first-order valence-electron chi connectivity index (χ1n) is 5.84. The number of carbonyl (C=O) groups excluding carboxylic acids is 3. The fraction of sp³-hybridized carbons (Fsp3) is 0.700. The zero-order valence-electron chi connectivity index (χ0n) is 11.3. The van der Waals surface area contributed by atoms with Crippen molar-refractivity contribution in [3.05, 3.63) is 0 Å². The number of nitrogens with two attached hydrogens (primary N) is 1. The van der Waals surface area contributed by atoms with Gasteiger partial charge in [-0.25, -0.2) is 0 Å². The van der Waals surface area contributed by atoms with Gasteiger partial charge in [-0.15, -0.1) is 0 Å². The molecule has 4 N–H and O–H groups in total. The van der Waals surface area contributed by atoms with Crippen LogP contribution in [0, 0.1) is 5.92 Å². The van der Waals surface area contributed by atoms with E-state index in [1.807, 2.05) is 0 Å². The van der Waals surface area contributed by atoms with Crippen molar-refractivity contribution in [1.82, 2.24) is 4.90 Å². The summed E-state index contributed by atoms with van der Waals surface area (Å²) in [6.45, 7) is 2.42. The van der Waals surface area contributed by atoms with Gasteiger partial charge < -0.3 is 25.2 Å². The first-order chi connectivity index (χ1) is 9.06. The minimum Gasteiger partial charge on any atom is -0.465 e. The van der Waals surface area contributed by atoms with Gasteiger partial charge in [-0.3, -0.25) is 18.9 Å². The molecule has 1 atom stereocenters. The minimum absolute atomic E-state index is 0.0770. The summed E-state index contributed by atoms with van der Waals surface area (Å²) in [5.41, 5.74) is 4.95. The fourth-order valence-corrected chi connectivity index (χ4v) is 2.17. The molecule has 116 valence electrons. The molecule has 0 saturated carbocycles. The summed E-state index contributed by atoms with van der Waals surface area (Å²) < 4.78 is 15.6. The Balaban J connectivity index is 4.91. The van der Waals surface area contributed by atoms with E-state index < -0.39 is 44.1 Å². The van der Waals surface area contributed by atoms with Crippen LogP contribution in [0.5, 0.6) is 0 Å². The Hall–Kier alpha value is -1.44. The number of hydrogen-bond donors (Lipinski definition) is 3. The molecule has 0 aliphatic rings. The number of esters is 1. The highest BCUT2D eigenvalue weighted by atomic mass is 31.2. The van der Waals surface area contributed by atoms with E-state index in [9.17, 15) is 18.9 Å². The zero-order valence-corrected chi connectivity index (χ0v) is 12.2. The first-order valence-corrected chi connectivity index (χ1v) is 7.63. The lowest BCUT2D eigenvalue weighted by Crippen LogP contribution is -2.41. The Morgan fingerprint density at radius 3 is 2.30 bits per heavy atom. The molecular formula is C10H19N2O7P. The minimum atomic E-state index is -4.54. The van der Waals surface area contributed by atoms with Crippen LogP contribution in [0.15, 0.2) is 0 Å². The molecule has 2 amide bonds. The van der Waals surface area contributed by atoms with Crippen LogP contribution in [-0.4, -0.2) is 51.9 Å². The Morgan fingerprint density at radius 1 is 1.35 bits per heavy atom. The third kappa shape index (κ3) is 7.88. The van der Waals surface area contributed by atoms with E-state index in [-0.39, 0.29) is 13.0 Å². The smallest absolute Gasteiger partial charge is 0.344 e. The first kappa shape index (κ1) is 18.6. The molecule has 0 rings (SSSR count). The molecule has 1 unspecified atom stereocenters. The van der Waals surface area contributed by atoms with Crippen LogP contribution in [0.1, 0.15) is 20.3 Å². The number of amides is 2. The van der Waals surface area contributed by atoms with Crippen molar-refractivity contribution in [2.75, 3.05) is 19.4 Å². The van der Waals surface area contributed by atoms with E-state index in [0.29, 0.717) is 4.90 Å². The van der Waals surface area contributed by atoms with Crippen molar-refractivity contribution in [2.45, 2.75) is 20.3 Å². The maximum atomic E-state index is 12.0. The van der Waals surface area contributed by atoms with E-state index >= 15 is 0 Å². The van der Waals surface area contributed by atoms with E-state index in [0.717, 1.165) is 0 Å². The summed E-state index contributed by atoms with van der Waals surface area (Å²) in [5, 5.41) is 0. The number of ether oxygens (including phenoxy) is 1. The van der Waals surface area contributed by atoms with Crippen LogP contribution in [-0.2, 0) is 23.7 Å². The molecule has 0 saturated heterocycles. The molecule has 0 aliphatic carbocycles. The summed E-state index contributed by atoms with van der Waals surface area (Å²) in [4.78, 5) is 52.6. The van der Waals surface area contributed by atoms with Crippen molar-refractivity contribution >= 4 is 25.4 Å². The largest absolute Gasteiger partial charge is 0.465 e. The lowest BCUT2D eigenvalue weighted by atomic mass is 10.1. The molecule has 0 fully saturated rings. The second-order valence-corrected chi connectivity index (χ2v) is 5.83. The normalized spacial score (nSPS) is 12.6.